The SMILES string of the molecule is CS(=O)(=O)CCNC(=O)c1cc(F)ccc1Br. The fraction of sp³-hybridized carbons (Fsp3) is 0.300. The summed E-state index contributed by atoms with van der Waals surface area (Å²) < 4.78 is 35.1. The Morgan fingerprint density at radius 2 is 2.12 bits per heavy atom. The predicted octanol–water partition coefficient (Wildman–Crippen LogP) is 1.36. The van der Waals surface area contributed by atoms with Crippen LogP contribution in [0.25, 0.3) is 0 Å². The van der Waals surface area contributed by atoms with Crippen molar-refractivity contribution in [3.8, 4) is 0 Å². The van der Waals surface area contributed by atoms with Gasteiger partial charge in [-0.05, 0) is 34.1 Å². The maximum Gasteiger partial charge on any atom is 0.252 e. The molecule has 0 aromatic heterocycles. The van der Waals surface area contributed by atoms with Crippen molar-refractivity contribution in [3.63, 3.8) is 0 Å². The Kier molecular flexibility index (Phi) is 4.64. The third kappa shape index (κ3) is 4.82. The van der Waals surface area contributed by atoms with Gasteiger partial charge in [0.05, 0.1) is 11.3 Å². The summed E-state index contributed by atoms with van der Waals surface area (Å²) in [6.07, 6.45) is 1.08. The van der Waals surface area contributed by atoms with Crippen LogP contribution in [0.2, 0.25) is 0 Å². The normalized spacial score (nSPS) is 11.2. The number of halogens is 2. The maximum atomic E-state index is 12.9. The third-order valence-electron chi connectivity index (χ3n) is 1.93. The molecule has 0 aliphatic rings. The minimum Gasteiger partial charge on any atom is -0.351 e. The molecule has 0 aliphatic heterocycles. The highest BCUT2D eigenvalue weighted by Gasteiger charge is 2.11. The minimum absolute atomic E-state index is 0.000615. The average Bonchev–Trinajstić information content (AvgIpc) is 2.19. The quantitative estimate of drug-likeness (QED) is 0.910. The van der Waals surface area contributed by atoms with Crippen LogP contribution in [0.5, 0.6) is 0 Å². The van der Waals surface area contributed by atoms with E-state index in [4.69, 9.17) is 0 Å². The molecule has 4 nitrogen and oxygen atoms in total. The van der Waals surface area contributed by atoms with Crippen LogP contribution >= 0.6 is 15.9 Å². The number of carbonyl (C=O) groups excluding carboxylic acids is 1. The average molecular weight is 324 g/mol. The van der Waals surface area contributed by atoms with Crippen molar-refractivity contribution in [2.24, 2.45) is 0 Å². The number of amides is 1. The Labute approximate surface area is 107 Å². The number of hydrogen-bond donors (Lipinski definition) is 1. The number of nitrogens with one attached hydrogen (secondary N) is 1. The zero-order valence-corrected chi connectivity index (χ0v) is 11.4. The van der Waals surface area contributed by atoms with E-state index in [0.717, 1.165) is 12.3 Å². The number of rotatable bonds is 4. The standard InChI is InChI=1S/C10H11BrFNO3S/c1-17(15,16)5-4-13-10(14)8-6-7(12)2-3-9(8)11/h2-3,6H,4-5H2,1H3,(H,13,14). The van der Waals surface area contributed by atoms with Crippen molar-refractivity contribution in [2.75, 3.05) is 18.6 Å². The van der Waals surface area contributed by atoms with Crippen molar-refractivity contribution in [2.45, 2.75) is 0 Å². The number of hydrogen-bond acceptors (Lipinski definition) is 3. The predicted molar refractivity (Wildman–Crippen MR) is 66.1 cm³/mol. The number of sulfone groups is 1. The van der Waals surface area contributed by atoms with Crippen LogP contribution in [0, 0.1) is 5.82 Å². The van der Waals surface area contributed by atoms with E-state index >= 15 is 0 Å². The maximum absolute atomic E-state index is 12.9. The Hall–Kier alpha value is -0.950. The van der Waals surface area contributed by atoms with E-state index < -0.39 is 21.6 Å². The van der Waals surface area contributed by atoms with Crippen molar-refractivity contribution < 1.29 is 17.6 Å². The molecule has 0 aliphatic carbocycles. The Morgan fingerprint density at radius 1 is 1.47 bits per heavy atom. The molecule has 0 heterocycles. The molecule has 0 spiro atoms. The zero-order chi connectivity index (χ0) is 13.1. The molecular formula is C10H11BrFNO3S. The van der Waals surface area contributed by atoms with Crippen LogP contribution in [0.15, 0.2) is 22.7 Å². The Morgan fingerprint density at radius 3 is 2.71 bits per heavy atom. The molecule has 0 radical (unpaired) electrons. The molecular weight excluding hydrogens is 313 g/mol. The summed E-state index contributed by atoms with van der Waals surface area (Å²) in [7, 11) is -3.12. The summed E-state index contributed by atoms with van der Waals surface area (Å²) in [6.45, 7) is 0.000615. The van der Waals surface area contributed by atoms with Gasteiger partial charge in [-0.15, -0.1) is 0 Å². The Balaban J connectivity index is 2.67. The molecule has 1 rings (SSSR count). The zero-order valence-electron chi connectivity index (χ0n) is 9.04. The molecule has 7 heteroatoms. The lowest BCUT2D eigenvalue weighted by atomic mass is 10.2. The van der Waals surface area contributed by atoms with E-state index in [2.05, 4.69) is 21.2 Å². The highest BCUT2D eigenvalue weighted by molar-refractivity contribution is 9.10. The molecule has 0 atom stereocenters. The van der Waals surface area contributed by atoms with Gasteiger partial charge in [0, 0.05) is 17.3 Å². The summed E-state index contributed by atoms with van der Waals surface area (Å²) in [5, 5.41) is 2.41. The van der Waals surface area contributed by atoms with Crippen molar-refractivity contribution in [1.29, 1.82) is 0 Å². The van der Waals surface area contributed by atoms with E-state index in [-0.39, 0.29) is 17.9 Å². The molecule has 1 amide bonds. The third-order valence-corrected chi connectivity index (χ3v) is 3.57. The summed E-state index contributed by atoms with van der Waals surface area (Å²) in [4.78, 5) is 11.6. The lowest BCUT2D eigenvalue weighted by Crippen LogP contribution is -2.29. The van der Waals surface area contributed by atoms with Crippen LogP contribution in [-0.2, 0) is 9.84 Å². The van der Waals surface area contributed by atoms with Gasteiger partial charge in [0.1, 0.15) is 15.7 Å². The minimum atomic E-state index is -3.12. The van der Waals surface area contributed by atoms with E-state index in [0.29, 0.717) is 4.47 Å². The second-order valence-corrected chi connectivity index (χ2v) is 6.62. The van der Waals surface area contributed by atoms with E-state index in [9.17, 15) is 17.6 Å². The molecule has 1 N–H and O–H groups in total. The van der Waals surface area contributed by atoms with Crippen molar-refractivity contribution in [3.05, 3.63) is 34.1 Å². The van der Waals surface area contributed by atoms with Gasteiger partial charge in [-0.2, -0.15) is 0 Å². The largest absolute Gasteiger partial charge is 0.351 e. The van der Waals surface area contributed by atoms with E-state index in [1.165, 1.54) is 12.1 Å². The number of carbonyl (C=O) groups is 1. The molecule has 0 unspecified atom stereocenters. The first-order valence-electron chi connectivity index (χ1n) is 4.70. The van der Waals surface area contributed by atoms with Gasteiger partial charge in [0.25, 0.3) is 5.91 Å². The van der Waals surface area contributed by atoms with Gasteiger partial charge >= 0.3 is 0 Å². The molecule has 0 saturated carbocycles. The molecule has 17 heavy (non-hydrogen) atoms. The van der Waals surface area contributed by atoms with Gasteiger partial charge < -0.3 is 5.32 Å². The smallest absolute Gasteiger partial charge is 0.252 e. The van der Waals surface area contributed by atoms with Crippen LogP contribution in [0.4, 0.5) is 4.39 Å². The summed E-state index contributed by atoms with van der Waals surface area (Å²) in [5.41, 5.74) is 0.138. The highest BCUT2D eigenvalue weighted by Crippen LogP contribution is 2.17. The van der Waals surface area contributed by atoms with Crippen LogP contribution in [0.1, 0.15) is 10.4 Å². The summed E-state index contributed by atoms with van der Waals surface area (Å²) in [5.74, 6) is -1.19. The molecule has 0 fully saturated rings. The molecule has 94 valence electrons. The van der Waals surface area contributed by atoms with Crippen LogP contribution in [0.3, 0.4) is 0 Å². The van der Waals surface area contributed by atoms with Gasteiger partial charge in [-0.25, -0.2) is 12.8 Å². The van der Waals surface area contributed by atoms with E-state index in [1.807, 2.05) is 0 Å². The van der Waals surface area contributed by atoms with Crippen LogP contribution in [-0.4, -0.2) is 32.9 Å². The Bertz CT molecular complexity index is 530. The van der Waals surface area contributed by atoms with Gasteiger partial charge in [-0.1, -0.05) is 0 Å². The molecule has 1 aromatic rings. The lowest BCUT2D eigenvalue weighted by Gasteiger charge is -2.06. The van der Waals surface area contributed by atoms with Crippen molar-refractivity contribution >= 4 is 31.7 Å². The highest BCUT2D eigenvalue weighted by atomic mass is 79.9. The van der Waals surface area contributed by atoms with Gasteiger partial charge in [0.15, 0.2) is 0 Å². The molecule has 1 aromatic carbocycles. The fourth-order valence-corrected chi connectivity index (χ4v) is 2.02. The molecule has 0 bridgehead atoms. The summed E-state index contributed by atoms with van der Waals surface area (Å²) >= 11 is 3.12. The lowest BCUT2D eigenvalue weighted by molar-refractivity contribution is 0.0955. The van der Waals surface area contributed by atoms with Crippen LogP contribution < -0.4 is 5.32 Å². The molecule has 0 saturated heterocycles. The first kappa shape index (κ1) is 14.1. The monoisotopic (exact) mass is 323 g/mol. The number of benzene rings is 1. The topological polar surface area (TPSA) is 63.2 Å². The summed E-state index contributed by atoms with van der Waals surface area (Å²) in [6, 6.07) is 3.72. The second kappa shape index (κ2) is 5.59. The fourth-order valence-electron chi connectivity index (χ4n) is 1.12. The first-order valence-corrected chi connectivity index (χ1v) is 7.56. The van der Waals surface area contributed by atoms with E-state index in [1.54, 1.807) is 0 Å². The van der Waals surface area contributed by atoms with Gasteiger partial charge in [-0.3, -0.25) is 4.79 Å². The van der Waals surface area contributed by atoms with Gasteiger partial charge in [0.2, 0.25) is 0 Å². The first-order chi connectivity index (χ1) is 7.79. The van der Waals surface area contributed by atoms with Crippen molar-refractivity contribution in [1.82, 2.24) is 5.32 Å². The second-order valence-electron chi connectivity index (χ2n) is 3.51.